The van der Waals surface area contributed by atoms with Gasteiger partial charge in [0.2, 0.25) is 0 Å². The van der Waals surface area contributed by atoms with E-state index in [1.165, 1.54) is 0 Å². The van der Waals surface area contributed by atoms with Crippen LogP contribution in [0.4, 0.5) is 5.82 Å². The summed E-state index contributed by atoms with van der Waals surface area (Å²) in [6.45, 7) is 9.23. The number of hydrogen-bond donors (Lipinski definition) is 0. The zero-order valence-electron chi connectivity index (χ0n) is 10.5. The quantitative estimate of drug-likeness (QED) is 0.743. The summed E-state index contributed by atoms with van der Waals surface area (Å²) in [7, 11) is 0. The third-order valence-corrected chi connectivity index (χ3v) is 2.75. The number of nitrogens with zero attached hydrogens (tertiary/aromatic N) is 3. The second kappa shape index (κ2) is 6.04. The van der Waals surface area contributed by atoms with E-state index in [1.807, 2.05) is 13.8 Å². The first kappa shape index (κ1) is 13.2. The molecule has 1 rings (SSSR count). The van der Waals surface area contributed by atoms with Crippen LogP contribution in [0.1, 0.15) is 31.7 Å². The largest absolute Gasteiger partial charge is 0.353 e. The Morgan fingerprint density at radius 1 is 1.38 bits per heavy atom. The molecule has 0 amide bonds. The van der Waals surface area contributed by atoms with Crippen molar-refractivity contribution < 1.29 is 0 Å². The Kier molecular flexibility index (Phi) is 5.00. The van der Waals surface area contributed by atoms with Crippen LogP contribution in [0.25, 0.3) is 0 Å². The molecule has 4 heteroatoms. The zero-order chi connectivity index (χ0) is 12.1. The Bertz CT molecular complexity index is 339. The van der Waals surface area contributed by atoms with Gasteiger partial charge in [0, 0.05) is 24.7 Å². The van der Waals surface area contributed by atoms with Crippen molar-refractivity contribution in [2.24, 2.45) is 0 Å². The smallest absolute Gasteiger partial charge is 0.150 e. The van der Waals surface area contributed by atoms with E-state index in [0.29, 0.717) is 11.9 Å². The minimum atomic E-state index is 0.415. The number of rotatable bonds is 5. The van der Waals surface area contributed by atoms with Crippen molar-refractivity contribution in [2.45, 2.75) is 40.2 Å². The van der Waals surface area contributed by atoms with Gasteiger partial charge in [-0.15, -0.1) is 11.6 Å². The molecule has 3 nitrogen and oxygen atoms in total. The average Bonchev–Trinajstić information content (AvgIpc) is 2.23. The Hall–Kier alpha value is -0.830. The first-order chi connectivity index (χ1) is 7.56. The van der Waals surface area contributed by atoms with E-state index in [2.05, 4.69) is 28.7 Å². The number of hydrogen-bond acceptors (Lipinski definition) is 3. The molecule has 0 saturated carbocycles. The van der Waals surface area contributed by atoms with E-state index < -0.39 is 0 Å². The topological polar surface area (TPSA) is 29.0 Å². The van der Waals surface area contributed by atoms with Crippen LogP contribution in [0.2, 0.25) is 0 Å². The lowest BCUT2D eigenvalue weighted by Crippen LogP contribution is -2.33. The third-order valence-electron chi connectivity index (χ3n) is 2.48. The van der Waals surface area contributed by atoms with Gasteiger partial charge in [-0.05, 0) is 34.1 Å². The molecule has 0 unspecified atom stereocenters. The maximum Gasteiger partial charge on any atom is 0.150 e. The number of alkyl halides is 1. The highest BCUT2D eigenvalue weighted by Gasteiger charge is 2.14. The highest BCUT2D eigenvalue weighted by Crippen LogP contribution is 2.18. The number of aromatic nitrogens is 2. The number of halogens is 1. The molecule has 0 N–H and O–H groups in total. The molecule has 1 heterocycles. The van der Waals surface area contributed by atoms with Gasteiger partial charge in [0.05, 0.1) is 11.4 Å². The molecule has 0 aromatic carbocycles. The molecule has 0 spiro atoms. The molecule has 0 saturated heterocycles. The van der Waals surface area contributed by atoms with Crippen LogP contribution < -0.4 is 4.90 Å². The van der Waals surface area contributed by atoms with Gasteiger partial charge in [-0.25, -0.2) is 4.98 Å². The average molecular weight is 242 g/mol. The Morgan fingerprint density at radius 2 is 2.06 bits per heavy atom. The fourth-order valence-corrected chi connectivity index (χ4v) is 1.76. The summed E-state index contributed by atoms with van der Waals surface area (Å²) in [5.41, 5.74) is 1.94. The lowest BCUT2D eigenvalue weighted by atomic mass is 10.2. The predicted octanol–water partition coefficient (Wildman–Crippen LogP) is 2.94. The molecular weight excluding hydrogens is 222 g/mol. The lowest BCUT2D eigenvalue weighted by molar-refractivity contribution is 0.657. The Morgan fingerprint density at radius 3 is 2.62 bits per heavy atom. The van der Waals surface area contributed by atoms with Crippen LogP contribution in [-0.4, -0.2) is 28.4 Å². The van der Waals surface area contributed by atoms with Crippen molar-refractivity contribution in [1.29, 1.82) is 0 Å². The predicted molar refractivity (Wildman–Crippen MR) is 69.3 cm³/mol. The second-order valence-electron chi connectivity index (χ2n) is 4.25. The van der Waals surface area contributed by atoms with E-state index >= 15 is 0 Å². The molecule has 0 aliphatic carbocycles. The first-order valence-corrected chi connectivity index (χ1v) is 6.22. The van der Waals surface area contributed by atoms with Crippen molar-refractivity contribution in [2.75, 3.05) is 17.3 Å². The summed E-state index contributed by atoms with van der Waals surface area (Å²) < 4.78 is 0. The summed E-state index contributed by atoms with van der Waals surface area (Å²) in [4.78, 5) is 11.2. The van der Waals surface area contributed by atoms with Crippen LogP contribution in [0.3, 0.4) is 0 Å². The van der Waals surface area contributed by atoms with Crippen LogP contribution in [0, 0.1) is 13.8 Å². The summed E-state index contributed by atoms with van der Waals surface area (Å²) in [6.07, 6.45) is 2.77. The van der Waals surface area contributed by atoms with E-state index in [-0.39, 0.29) is 0 Å². The minimum Gasteiger partial charge on any atom is -0.353 e. The fraction of sp³-hybridized carbons (Fsp3) is 0.667. The van der Waals surface area contributed by atoms with E-state index in [0.717, 1.165) is 30.2 Å². The van der Waals surface area contributed by atoms with E-state index in [4.69, 9.17) is 11.6 Å². The highest BCUT2D eigenvalue weighted by molar-refractivity contribution is 6.17. The van der Waals surface area contributed by atoms with Crippen LogP contribution >= 0.6 is 11.6 Å². The van der Waals surface area contributed by atoms with Gasteiger partial charge in [-0.3, -0.25) is 4.98 Å². The van der Waals surface area contributed by atoms with Crippen LogP contribution in [-0.2, 0) is 0 Å². The van der Waals surface area contributed by atoms with E-state index in [9.17, 15) is 0 Å². The van der Waals surface area contributed by atoms with Gasteiger partial charge >= 0.3 is 0 Å². The highest BCUT2D eigenvalue weighted by atomic mass is 35.5. The lowest BCUT2D eigenvalue weighted by Gasteiger charge is -2.28. The van der Waals surface area contributed by atoms with Gasteiger partial charge in [0.25, 0.3) is 0 Å². The van der Waals surface area contributed by atoms with Gasteiger partial charge in [-0.1, -0.05) is 0 Å². The van der Waals surface area contributed by atoms with Gasteiger partial charge in [0.1, 0.15) is 0 Å². The van der Waals surface area contributed by atoms with Crippen molar-refractivity contribution in [1.82, 2.24) is 9.97 Å². The monoisotopic (exact) mass is 241 g/mol. The molecule has 0 atom stereocenters. The van der Waals surface area contributed by atoms with Crippen molar-refractivity contribution in [3.8, 4) is 0 Å². The maximum absolute atomic E-state index is 5.75. The van der Waals surface area contributed by atoms with Crippen LogP contribution in [0.5, 0.6) is 0 Å². The van der Waals surface area contributed by atoms with Gasteiger partial charge < -0.3 is 4.90 Å². The maximum atomic E-state index is 5.75. The van der Waals surface area contributed by atoms with Gasteiger partial charge in [0.15, 0.2) is 5.82 Å². The normalized spacial score (nSPS) is 10.9. The van der Waals surface area contributed by atoms with E-state index in [1.54, 1.807) is 6.20 Å². The van der Waals surface area contributed by atoms with Gasteiger partial charge in [-0.2, -0.15) is 0 Å². The molecule has 0 bridgehead atoms. The van der Waals surface area contributed by atoms with Crippen molar-refractivity contribution in [3.63, 3.8) is 0 Å². The molecule has 16 heavy (non-hydrogen) atoms. The number of aryl methyl sites for hydroxylation is 2. The second-order valence-corrected chi connectivity index (χ2v) is 4.63. The summed E-state index contributed by atoms with van der Waals surface area (Å²) >= 11 is 5.75. The molecule has 90 valence electrons. The SMILES string of the molecule is Cc1cnc(C)c(N(CCCCl)C(C)C)n1. The molecule has 0 fully saturated rings. The van der Waals surface area contributed by atoms with Crippen molar-refractivity contribution >= 4 is 17.4 Å². The molecular formula is C12H20ClN3. The summed E-state index contributed by atoms with van der Waals surface area (Å²) in [5.74, 6) is 1.67. The molecule has 0 aliphatic heterocycles. The number of anilines is 1. The Labute approximate surface area is 103 Å². The fourth-order valence-electron chi connectivity index (χ4n) is 1.64. The molecule has 0 aliphatic rings. The summed E-state index contributed by atoms with van der Waals surface area (Å²) in [6, 6.07) is 0.415. The third kappa shape index (κ3) is 3.34. The molecule has 0 radical (unpaired) electrons. The standard InChI is InChI=1S/C12H20ClN3/c1-9(2)16(7-5-6-13)12-11(4)14-8-10(3)15-12/h8-9H,5-7H2,1-4H3. The molecule has 1 aromatic heterocycles. The molecule has 1 aromatic rings. The summed E-state index contributed by atoms with van der Waals surface area (Å²) in [5, 5.41) is 0. The van der Waals surface area contributed by atoms with Crippen LogP contribution in [0.15, 0.2) is 6.20 Å². The van der Waals surface area contributed by atoms with Crippen molar-refractivity contribution in [3.05, 3.63) is 17.6 Å². The Balaban J connectivity index is 2.95. The zero-order valence-corrected chi connectivity index (χ0v) is 11.3. The first-order valence-electron chi connectivity index (χ1n) is 5.69. The minimum absolute atomic E-state index is 0.415.